The highest BCUT2D eigenvalue weighted by atomic mass is 32.2. The number of hydrogen-bond acceptors (Lipinski definition) is 11. The SMILES string of the molecule is COC(=O)N[C@H]1CCCCC/C=C\[C@H]2C[C@@]2(C(=O)NS(=O)(=O)C2CC2)NC(=O)[C@@H]2C[C@@H](Oc3c4cccc(F)c4nc4c3oc3cc(OC)ccc34)CN2C1=O. The van der Waals surface area contributed by atoms with Crippen molar-refractivity contribution in [2.75, 3.05) is 20.8 Å². The Hall–Kier alpha value is -5.45. The summed E-state index contributed by atoms with van der Waals surface area (Å²) in [5, 5.41) is 5.68. The van der Waals surface area contributed by atoms with Crippen molar-refractivity contribution < 1.29 is 50.6 Å². The first-order valence-corrected chi connectivity index (χ1v) is 20.3. The van der Waals surface area contributed by atoms with Gasteiger partial charge < -0.3 is 34.2 Å². The van der Waals surface area contributed by atoms with Gasteiger partial charge in [0, 0.05) is 29.2 Å². The second kappa shape index (κ2) is 14.6. The number of methoxy groups -OCH3 is 2. The van der Waals surface area contributed by atoms with Crippen LogP contribution in [0.4, 0.5) is 9.18 Å². The number of rotatable bonds is 7. The molecule has 3 N–H and O–H groups in total. The summed E-state index contributed by atoms with van der Waals surface area (Å²) in [7, 11) is -1.23. The van der Waals surface area contributed by atoms with Crippen LogP contribution in [0.1, 0.15) is 57.8 Å². The Morgan fingerprint density at radius 1 is 1.05 bits per heavy atom. The molecule has 4 aliphatic rings. The number of hydrogen-bond donors (Lipinski definition) is 3. The molecule has 2 aliphatic heterocycles. The Balaban J connectivity index is 1.17. The first-order valence-electron chi connectivity index (χ1n) is 18.8. The number of halogens is 1. The molecule has 4 heterocycles. The maximum Gasteiger partial charge on any atom is 0.407 e. The van der Waals surface area contributed by atoms with E-state index in [9.17, 15) is 27.6 Å². The van der Waals surface area contributed by atoms with Gasteiger partial charge in [0.25, 0.3) is 5.91 Å². The highest BCUT2D eigenvalue weighted by Crippen LogP contribution is 2.46. The van der Waals surface area contributed by atoms with Crippen molar-refractivity contribution in [3.05, 3.63) is 54.4 Å². The molecule has 0 radical (unpaired) electrons. The monoisotopic (exact) mass is 791 g/mol. The number of fused-ring (bicyclic) bond motifs is 6. The topological polar surface area (TPSA) is 195 Å². The van der Waals surface area contributed by atoms with Crippen LogP contribution in [0, 0.1) is 11.7 Å². The molecule has 2 aromatic heterocycles. The average molecular weight is 792 g/mol. The zero-order valence-corrected chi connectivity index (χ0v) is 31.7. The Morgan fingerprint density at radius 2 is 1.88 bits per heavy atom. The van der Waals surface area contributed by atoms with Crippen LogP contribution in [-0.2, 0) is 29.1 Å². The first-order chi connectivity index (χ1) is 26.9. The number of ether oxygens (including phenoxy) is 3. The summed E-state index contributed by atoms with van der Waals surface area (Å²) in [4.78, 5) is 61.0. The Kier molecular flexibility index (Phi) is 9.75. The van der Waals surface area contributed by atoms with E-state index in [0.29, 0.717) is 53.3 Å². The van der Waals surface area contributed by atoms with E-state index in [1.807, 2.05) is 12.2 Å². The smallest absolute Gasteiger partial charge is 0.407 e. The van der Waals surface area contributed by atoms with E-state index >= 15 is 4.39 Å². The lowest BCUT2D eigenvalue weighted by Gasteiger charge is -2.29. The van der Waals surface area contributed by atoms with Gasteiger partial charge in [0.2, 0.25) is 21.8 Å². The van der Waals surface area contributed by atoms with Crippen LogP contribution in [0.25, 0.3) is 33.0 Å². The number of alkyl carbamates (subject to hydrolysis) is 1. The van der Waals surface area contributed by atoms with Gasteiger partial charge in [-0.15, -0.1) is 0 Å². The molecule has 1 saturated heterocycles. The van der Waals surface area contributed by atoms with Crippen molar-refractivity contribution in [1.82, 2.24) is 25.2 Å². The normalized spacial score (nSPS) is 26.4. The van der Waals surface area contributed by atoms with Gasteiger partial charge in [-0.3, -0.25) is 19.1 Å². The van der Waals surface area contributed by atoms with Crippen LogP contribution in [0.15, 0.2) is 53.0 Å². The van der Waals surface area contributed by atoms with Gasteiger partial charge >= 0.3 is 6.09 Å². The van der Waals surface area contributed by atoms with Gasteiger partial charge in [-0.05, 0) is 62.8 Å². The van der Waals surface area contributed by atoms with E-state index in [1.54, 1.807) is 24.3 Å². The standard InChI is InChI=1S/C39H42FN5O10S/c1-52-22-13-16-25-30(18-22)55-34-32(25)42-31-26(10-8-11-27(31)40)33(34)54-23-17-29-35(46)43-39(37(48)44-56(50,51)24-14-15-24)19-21(39)9-6-4-3-5-7-12-28(41-38(49)53-2)36(47)45(29)20-23/h6,8-11,13,16,18,21,23-24,28-29H,3-5,7,12,14-15,17,19-20H2,1-2H3,(H,41,49)(H,43,46)(H,44,48)/b9-6-/t21-,23+,28-,29-,39+/m0/s1. The summed E-state index contributed by atoms with van der Waals surface area (Å²) >= 11 is 0. The lowest BCUT2D eigenvalue weighted by atomic mass is 10.1. The predicted molar refractivity (Wildman–Crippen MR) is 201 cm³/mol. The van der Waals surface area contributed by atoms with Crippen molar-refractivity contribution in [1.29, 1.82) is 0 Å². The molecular formula is C39H42FN5O10S. The third-order valence-corrected chi connectivity index (χ3v) is 13.0. The third kappa shape index (κ3) is 6.96. The number of carbonyl (C=O) groups is 4. The molecule has 2 aliphatic carbocycles. The van der Waals surface area contributed by atoms with Gasteiger partial charge in [-0.1, -0.05) is 31.1 Å². The third-order valence-electron chi connectivity index (χ3n) is 11.1. The van der Waals surface area contributed by atoms with E-state index in [0.717, 1.165) is 12.8 Å². The number of allylic oxidation sites excluding steroid dienone is 1. The van der Waals surface area contributed by atoms with E-state index < -0.39 is 74.5 Å². The van der Waals surface area contributed by atoms with Gasteiger partial charge in [0.1, 0.15) is 51.9 Å². The highest BCUT2D eigenvalue weighted by Gasteiger charge is 2.62. The number of sulfonamides is 1. The molecule has 5 atom stereocenters. The van der Waals surface area contributed by atoms with Crippen LogP contribution in [-0.4, -0.2) is 91.9 Å². The molecule has 2 saturated carbocycles. The molecule has 4 aromatic rings. The van der Waals surface area contributed by atoms with E-state index in [-0.39, 0.29) is 42.7 Å². The number of pyridine rings is 1. The van der Waals surface area contributed by atoms with E-state index in [1.165, 1.54) is 31.3 Å². The van der Waals surface area contributed by atoms with Crippen LogP contribution >= 0.6 is 0 Å². The van der Waals surface area contributed by atoms with Crippen molar-refractivity contribution in [3.8, 4) is 11.5 Å². The fraction of sp³-hybridized carbons (Fsp3) is 0.462. The first kappa shape index (κ1) is 37.5. The minimum Gasteiger partial charge on any atom is -0.497 e. The molecule has 8 rings (SSSR count). The number of aromatic nitrogens is 1. The Bertz CT molecular complexity index is 2400. The number of nitrogens with zero attached hydrogens (tertiary/aromatic N) is 2. The van der Waals surface area contributed by atoms with Crippen molar-refractivity contribution >= 4 is 66.8 Å². The highest BCUT2D eigenvalue weighted by molar-refractivity contribution is 7.91. The molecule has 296 valence electrons. The summed E-state index contributed by atoms with van der Waals surface area (Å²) in [5.74, 6) is -2.49. The van der Waals surface area contributed by atoms with Crippen LogP contribution in [0.2, 0.25) is 0 Å². The summed E-state index contributed by atoms with van der Waals surface area (Å²) in [6.45, 7) is -0.135. The lowest BCUT2D eigenvalue weighted by molar-refractivity contribution is -0.141. The fourth-order valence-electron chi connectivity index (χ4n) is 7.83. The minimum atomic E-state index is -3.93. The van der Waals surface area contributed by atoms with Crippen LogP contribution in [0.3, 0.4) is 0 Å². The lowest BCUT2D eigenvalue weighted by Crippen LogP contribution is -2.58. The molecular weight excluding hydrogens is 750 g/mol. The van der Waals surface area contributed by atoms with Crippen LogP contribution < -0.4 is 24.8 Å². The number of amides is 4. The number of para-hydroxylation sites is 1. The van der Waals surface area contributed by atoms with Crippen molar-refractivity contribution in [3.63, 3.8) is 0 Å². The maximum atomic E-state index is 15.4. The number of carbonyl (C=O) groups excluding carboxylic acids is 4. The molecule has 56 heavy (non-hydrogen) atoms. The molecule has 15 nitrogen and oxygen atoms in total. The largest absolute Gasteiger partial charge is 0.497 e. The second-order valence-electron chi connectivity index (χ2n) is 14.9. The minimum absolute atomic E-state index is 0.0273. The fourth-order valence-corrected chi connectivity index (χ4v) is 9.20. The zero-order valence-electron chi connectivity index (χ0n) is 30.8. The molecule has 0 bridgehead atoms. The Labute approximate surface area is 321 Å². The number of furan rings is 1. The van der Waals surface area contributed by atoms with E-state index in [4.69, 9.17) is 18.6 Å². The van der Waals surface area contributed by atoms with E-state index in [2.05, 4.69) is 20.3 Å². The quantitative estimate of drug-likeness (QED) is 0.225. The van der Waals surface area contributed by atoms with Gasteiger partial charge in [-0.2, -0.15) is 0 Å². The Morgan fingerprint density at radius 3 is 2.64 bits per heavy atom. The number of nitrogens with one attached hydrogen (secondary N) is 3. The summed E-state index contributed by atoms with van der Waals surface area (Å²) < 4.78 is 66.4. The van der Waals surface area contributed by atoms with Crippen LogP contribution in [0.5, 0.6) is 11.5 Å². The van der Waals surface area contributed by atoms with Crippen molar-refractivity contribution in [2.24, 2.45) is 5.92 Å². The summed E-state index contributed by atoms with van der Waals surface area (Å²) in [5.41, 5.74) is -0.566. The second-order valence-corrected chi connectivity index (χ2v) is 16.9. The molecule has 0 unspecified atom stereocenters. The predicted octanol–water partition coefficient (Wildman–Crippen LogP) is 4.36. The van der Waals surface area contributed by atoms with Gasteiger partial charge in [0.15, 0.2) is 11.3 Å². The molecule has 0 spiro atoms. The number of benzene rings is 2. The molecule has 3 fully saturated rings. The van der Waals surface area contributed by atoms with Gasteiger partial charge in [0.05, 0.1) is 26.0 Å². The average Bonchev–Trinajstić information content (AvgIpc) is 4.08. The van der Waals surface area contributed by atoms with Crippen molar-refractivity contribution in [2.45, 2.75) is 86.8 Å². The molecule has 4 amide bonds. The summed E-state index contributed by atoms with van der Waals surface area (Å²) in [6, 6.07) is 7.30. The maximum absolute atomic E-state index is 15.4. The molecule has 2 aromatic carbocycles. The summed E-state index contributed by atoms with van der Waals surface area (Å²) in [6.07, 6.45) is 6.03. The van der Waals surface area contributed by atoms with Gasteiger partial charge in [-0.25, -0.2) is 22.6 Å². The molecule has 17 heteroatoms. The zero-order chi connectivity index (χ0) is 39.4.